The van der Waals surface area contributed by atoms with E-state index in [4.69, 9.17) is 5.73 Å². The van der Waals surface area contributed by atoms with Crippen molar-refractivity contribution in [3.8, 4) is 0 Å². The van der Waals surface area contributed by atoms with E-state index >= 15 is 0 Å². The zero-order chi connectivity index (χ0) is 13.6. The van der Waals surface area contributed by atoms with Crippen LogP contribution in [0.15, 0.2) is 16.0 Å². The van der Waals surface area contributed by atoms with E-state index < -0.39 is 6.03 Å². The molecule has 1 aliphatic carbocycles. The average molecular weight is 342 g/mol. The van der Waals surface area contributed by atoms with Crippen molar-refractivity contribution in [3.05, 3.63) is 21.7 Å². The van der Waals surface area contributed by atoms with Crippen LogP contribution in [0.2, 0.25) is 0 Å². The van der Waals surface area contributed by atoms with Crippen LogP contribution >= 0.6 is 27.3 Å². The molecule has 2 aromatic rings. The second kappa shape index (κ2) is 4.61. The second-order valence-corrected chi connectivity index (χ2v) is 6.83. The van der Waals surface area contributed by atoms with Crippen LogP contribution in [-0.2, 0) is 7.05 Å². The zero-order valence-electron chi connectivity index (χ0n) is 10.2. The summed E-state index contributed by atoms with van der Waals surface area (Å²) in [6, 6.07) is 1.35. The molecule has 8 heteroatoms. The number of halogens is 1. The van der Waals surface area contributed by atoms with E-state index in [1.165, 1.54) is 16.2 Å². The minimum Gasteiger partial charge on any atom is -0.351 e. The van der Waals surface area contributed by atoms with Gasteiger partial charge < -0.3 is 5.73 Å². The Kier molecular flexibility index (Phi) is 3.06. The van der Waals surface area contributed by atoms with Crippen molar-refractivity contribution < 1.29 is 4.79 Å². The largest absolute Gasteiger partial charge is 0.351 e. The van der Waals surface area contributed by atoms with Gasteiger partial charge in [-0.1, -0.05) is 11.3 Å². The first-order valence-corrected chi connectivity index (χ1v) is 7.42. The number of aryl methyl sites for hydroxylation is 1. The Morgan fingerprint density at radius 1 is 1.63 bits per heavy atom. The number of thiazole rings is 1. The van der Waals surface area contributed by atoms with Crippen molar-refractivity contribution >= 4 is 44.2 Å². The molecular weight excluding hydrogens is 330 g/mol. The van der Waals surface area contributed by atoms with Crippen molar-refractivity contribution in [1.29, 1.82) is 0 Å². The first-order chi connectivity index (χ1) is 9.06. The highest BCUT2D eigenvalue weighted by Gasteiger charge is 2.29. The SMILES string of the molecule is Cn1nc(C2CC2)cc1N(C(N)=O)c1ncc(Br)s1. The van der Waals surface area contributed by atoms with Crippen LogP contribution in [-0.4, -0.2) is 20.8 Å². The second-order valence-electron chi connectivity index (χ2n) is 4.45. The fourth-order valence-corrected chi connectivity index (χ4v) is 3.12. The van der Waals surface area contributed by atoms with Gasteiger partial charge in [-0.15, -0.1) is 0 Å². The molecule has 19 heavy (non-hydrogen) atoms. The Morgan fingerprint density at radius 3 is 2.89 bits per heavy atom. The number of nitrogens with two attached hydrogens (primary N) is 1. The van der Waals surface area contributed by atoms with Gasteiger partial charge >= 0.3 is 6.03 Å². The minimum absolute atomic E-state index is 0.526. The van der Waals surface area contributed by atoms with Crippen LogP contribution in [0.4, 0.5) is 15.7 Å². The molecule has 1 saturated carbocycles. The number of rotatable bonds is 3. The predicted octanol–water partition coefficient (Wildman–Crippen LogP) is 2.73. The van der Waals surface area contributed by atoms with Crippen LogP contribution in [0.25, 0.3) is 0 Å². The maximum absolute atomic E-state index is 11.7. The number of primary amides is 1. The van der Waals surface area contributed by atoms with Crippen LogP contribution in [0.3, 0.4) is 0 Å². The van der Waals surface area contributed by atoms with E-state index in [2.05, 4.69) is 26.0 Å². The molecule has 6 nitrogen and oxygen atoms in total. The van der Waals surface area contributed by atoms with E-state index in [0.29, 0.717) is 16.9 Å². The summed E-state index contributed by atoms with van der Waals surface area (Å²) >= 11 is 4.68. The standard InChI is InChI=1S/C11H12BrN5OS/c1-16-9(4-7(15-16)6-2-3-6)17(10(13)18)11-14-5-8(12)19-11/h4-6H,2-3H2,1H3,(H2,13,18). The number of hydrogen-bond donors (Lipinski definition) is 1. The predicted molar refractivity (Wildman–Crippen MR) is 76.7 cm³/mol. The molecule has 1 fully saturated rings. The smallest absolute Gasteiger partial charge is 0.326 e. The molecule has 100 valence electrons. The summed E-state index contributed by atoms with van der Waals surface area (Å²) < 4.78 is 2.52. The highest BCUT2D eigenvalue weighted by molar-refractivity contribution is 9.11. The van der Waals surface area contributed by atoms with E-state index in [1.54, 1.807) is 17.9 Å². The first kappa shape index (κ1) is 12.6. The third-order valence-corrected chi connectivity index (χ3v) is 4.44. The third-order valence-electron chi connectivity index (χ3n) is 2.98. The highest BCUT2D eigenvalue weighted by atomic mass is 79.9. The molecule has 0 bridgehead atoms. The Balaban J connectivity index is 2.02. The Morgan fingerprint density at radius 2 is 2.37 bits per heavy atom. The maximum atomic E-state index is 11.7. The van der Waals surface area contributed by atoms with Crippen molar-refractivity contribution in [2.24, 2.45) is 12.8 Å². The molecule has 0 radical (unpaired) electrons. The zero-order valence-corrected chi connectivity index (χ0v) is 12.6. The molecule has 1 aliphatic rings. The number of aromatic nitrogens is 3. The quantitative estimate of drug-likeness (QED) is 0.932. The van der Waals surface area contributed by atoms with E-state index in [0.717, 1.165) is 22.3 Å². The fraction of sp³-hybridized carbons (Fsp3) is 0.364. The van der Waals surface area contributed by atoms with Crippen LogP contribution < -0.4 is 10.6 Å². The topological polar surface area (TPSA) is 77.0 Å². The normalized spacial score (nSPS) is 14.6. The lowest BCUT2D eigenvalue weighted by Crippen LogP contribution is -2.32. The summed E-state index contributed by atoms with van der Waals surface area (Å²) in [6.45, 7) is 0. The van der Waals surface area contributed by atoms with Gasteiger partial charge in [-0.05, 0) is 28.8 Å². The third kappa shape index (κ3) is 2.37. The number of nitrogens with zero attached hydrogens (tertiary/aromatic N) is 4. The van der Waals surface area contributed by atoms with Gasteiger partial charge in [0.15, 0.2) is 0 Å². The summed E-state index contributed by atoms with van der Waals surface area (Å²) in [5, 5.41) is 4.97. The Labute approximate surface area is 122 Å². The molecule has 0 spiro atoms. The monoisotopic (exact) mass is 341 g/mol. The number of hydrogen-bond acceptors (Lipinski definition) is 4. The number of anilines is 2. The molecule has 0 aromatic carbocycles. The van der Waals surface area contributed by atoms with Crippen LogP contribution in [0, 0.1) is 0 Å². The first-order valence-electron chi connectivity index (χ1n) is 5.81. The lowest BCUT2D eigenvalue weighted by atomic mass is 10.3. The molecule has 0 unspecified atom stereocenters. The van der Waals surface area contributed by atoms with Gasteiger partial charge in [0, 0.05) is 19.0 Å². The lowest BCUT2D eigenvalue weighted by Gasteiger charge is -2.16. The molecule has 2 heterocycles. The summed E-state index contributed by atoms with van der Waals surface area (Å²) in [4.78, 5) is 17.3. The summed E-state index contributed by atoms with van der Waals surface area (Å²) in [6.07, 6.45) is 3.97. The maximum Gasteiger partial charge on any atom is 0.326 e. The Bertz CT molecular complexity index is 633. The number of amides is 2. The van der Waals surface area contributed by atoms with E-state index in [1.807, 2.05) is 6.07 Å². The van der Waals surface area contributed by atoms with Gasteiger partial charge in [0.2, 0.25) is 5.13 Å². The van der Waals surface area contributed by atoms with Gasteiger partial charge in [-0.2, -0.15) is 5.10 Å². The van der Waals surface area contributed by atoms with Crippen LogP contribution in [0.1, 0.15) is 24.5 Å². The number of carbonyl (C=O) groups is 1. The summed E-state index contributed by atoms with van der Waals surface area (Å²) in [5.74, 6) is 1.17. The molecule has 2 aromatic heterocycles. The molecular formula is C11H12BrN5OS. The molecule has 0 aliphatic heterocycles. The van der Waals surface area contributed by atoms with Gasteiger partial charge in [0.1, 0.15) is 5.82 Å². The molecule has 3 rings (SSSR count). The molecule has 2 amide bonds. The van der Waals surface area contributed by atoms with Crippen molar-refractivity contribution in [1.82, 2.24) is 14.8 Å². The van der Waals surface area contributed by atoms with Crippen LogP contribution in [0.5, 0.6) is 0 Å². The lowest BCUT2D eigenvalue weighted by molar-refractivity contribution is 0.255. The number of urea groups is 1. The van der Waals surface area contributed by atoms with E-state index in [-0.39, 0.29) is 0 Å². The Hall–Kier alpha value is -1.41. The molecule has 0 atom stereocenters. The summed E-state index contributed by atoms with van der Waals surface area (Å²) in [7, 11) is 1.81. The van der Waals surface area contributed by atoms with Crippen molar-refractivity contribution in [2.75, 3.05) is 4.90 Å². The molecule has 0 saturated heterocycles. The average Bonchev–Trinajstić information content (AvgIpc) is 3.01. The van der Waals surface area contributed by atoms with Gasteiger partial charge in [0.25, 0.3) is 0 Å². The van der Waals surface area contributed by atoms with Crippen molar-refractivity contribution in [3.63, 3.8) is 0 Å². The van der Waals surface area contributed by atoms with Gasteiger partial charge in [0.05, 0.1) is 15.7 Å². The minimum atomic E-state index is -0.563. The van der Waals surface area contributed by atoms with Gasteiger partial charge in [-0.3, -0.25) is 4.68 Å². The van der Waals surface area contributed by atoms with Crippen molar-refractivity contribution in [2.45, 2.75) is 18.8 Å². The fourth-order valence-electron chi connectivity index (χ4n) is 1.92. The van der Waals surface area contributed by atoms with Gasteiger partial charge in [-0.25, -0.2) is 14.7 Å². The highest BCUT2D eigenvalue weighted by Crippen LogP contribution is 2.41. The number of carbonyl (C=O) groups excluding carboxylic acids is 1. The summed E-state index contributed by atoms with van der Waals surface area (Å²) in [5.41, 5.74) is 6.49. The van der Waals surface area contributed by atoms with E-state index in [9.17, 15) is 4.79 Å². The molecule has 2 N–H and O–H groups in total.